The smallest absolute Gasteiger partial charge is 0.509 e. The number of para-hydroxylation sites is 2. The molecule has 0 bridgehead atoms. The van der Waals surface area contributed by atoms with Crippen LogP contribution in [0.3, 0.4) is 0 Å². The van der Waals surface area contributed by atoms with Crippen LogP contribution in [-0.4, -0.2) is 20.5 Å². The van der Waals surface area contributed by atoms with Crippen LogP contribution >= 0.6 is 0 Å². The van der Waals surface area contributed by atoms with Crippen LogP contribution in [0, 0.1) is 19.0 Å². The van der Waals surface area contributed by atoms with Gasteiger partial charge in [0.2, 0.25) is 5.69 Å². The Labute approximate surface area is 323 Å². The molecule has 0 N–H and O–H groups in total. The van der Waals surface area contributed by atoms with Crippen LogP contribution in [0.5, 0.6) is 11.5 Å². The van der Waals surface area contributed by atoms with E-state index in [1.165, 1.54) is 16.7 Å². The van der Waals surface area contributed by atoms with Crippen LogP contribution in [0.2, 0.25) is 0 Å². The third kappa shape index (κ3) is 6.35. The second kappa shape index (κ2) is 12.9. The number of ether oxygens (including phenoxy) is 1. The summed E-state index contributed by atoms with van der Waals surface area (Å²) in [5.74, 6) is 1.51. The fourth-order valence-electron chi connectivity index (χ4n) is 6.12. The number of nitrogens with zero attached hydrogens (tertiary/aromatic N) is 5. The van der Waals surface area contributed by atoms with Crippen molar-refractivity contribution in [2.75, 3.05) is 0 Å². The zero-order valence-corrected chi connectivity index (χ0v) is 31.3. The minimum absolute atomic E-state index is 0. The topological polar surface area (TPSA) is 46.0 Å². The summed E-state index contributed by atoms with van der Waals surface area (Å²) in [4.78, 5) is 9.19. The summed E-state index contributed by atoms with van der Waals surface area (Å²) < 4.78 is 70.1. The van der Waals surface area contributed by atoms with Crippen molar-refractivity contribution in [1.29, 1.82) is 0 Å². The van der Waals surface area contributed by atoms with Gasteiger partial charge >= 0.3 is 27.1 Å². The average molecular weight is 856 g/mol. The van der Waals surface area contributed by atoms with Crippen molar-refractivity contribution in [3.63, 3.8) is 0 Å². The van der Waals surface area contributed by atoms with Crippen LogP contribution in [0.1, 0.15) is 67.8 Å². The van der Waals surface area contributed by atoms with E-state index in [4.69, 9.17) is 19.3 Å². The molecule has 7 heteroatoms. The second-order valence-electron chi connectivity index (χ2n) is 14.5. The fraction of sp³-hybridized carbons (Fsp3) is 0.205. The fourth-order valence-corrected chi connectivity index (χ4v) is 6.12. The van der Waals surface area contributed by atoms with Gasteiger partial charge in [0.05, 0.1) is 17.2 Å². The van der Waals surface area contributed by atoms with Crippen molar-refractivity contribution in [3.05, 3.63) is 138 Å². The van der Waals surface area contributed by atoms with Gasteiger partial charge in [-0.1, -0.05) is 93.5 Å². The van der Waals surface area contributed by atoms with Gasteiger partial charge in [0, 0.05) is 52.2 Å². The van der Waals surface area contributed by atoms with Gasteiger partial charge in [-0.05, 0) is 51.4 Å². The molecule has 0 saturated heterocycles. The van der Waals surface area contributed by atoms with Crippen LogP contribution in [-0.2, 0) is 31.9 Å². The van der Waals surface area contributed by atoms with Crippen molar-refractivity contribution < 1.29 is 35.4 Å². The van der Waals surface area contributed by atoms with E-state index in [-0.39, 0.29) is 60.9 Å². The predicted molar refractivity (Wildman–Crippen MR) is 203 cm³/mol. The van der Waals surface area contributed by atoms with Gasteiger partial charge in [-0.15, -0.1) is 29.1 Å². The van der Waals surface area contributed by atoms with Gasteiger partial charge in [-0.3, -0.25) is 4.98 Å². The van der Waals surface area contributed by atoms with Crippen LogP contribution in [0.15, 0.2) is 109 Å². The maximum atomic E-state index is 9.00. The SMILES string of the molecule is [2H]c1c([2H])c([2H])c2c(c1[2H])[N+](c1[c-]c(Oc3[c-]c4c(cc3)c3ccncc3n4-c3cc(C(C)(C)C)ccn3)cc(C(C)(C)C)c1)=C=[N+]2c1ccc(C([2H])([2H])[2H])cc1.[Pt+2]. The third-order valence-electron chi connectivity index (χ3n) is 8.87. The number of hydrogen-bond donors (Lipinski definition) is 0. The number of benzene rings is 4. The molecule has 8 rings (SSSR count). The van der Waals surface area contributed by atoms with Gasteiger partial charge in [0.15, 0.2) is 0 Å². The summed E-state index contributed by atoms with van der Waals surface area (Å²) in [6, 6.07) is 28.7. The first-order valence-corrected chi connectivity index (χ1v) is 16.4. The molecule has 0 radical (unpaired) electrons. The van der Waals surface area contributed by atoms with E-state index in [0.717, 1.165) is 38.8 Å². The molecule has 4 heterocycles. The number of pyridine rings is 2. The van der Waals surface area contributed by atoms with Crippen molar-refractivity contribution in [3.8, 4) is 17.3 Å². The Morgan fingerprint density at radius 1 is 0.784 bits per heavy atom. The average Bonchev–Trinajstić information content (AvgIpc) is 3.72. The van der Waals surface area contributed by atoms with Gasteiger partial charge < -0.3 is 9.30 Å². The van der Waals surface area contributed by atoms with E-state index in [1.54, 1.807) is 22.9 Å². The predicted octanol–water partition coefficient (Wildman–Crippen LogP) is 10.7. The second-order valence-corrected chi connectivity index (χ2v) is 14.5. The van der Waals surface area contributed by atoms with Crippen molar-refractivity contribution in [2.24, 2.45) is 0 Å². The standard InChI is InChI=1S/C44H39N5O.Pt/c1-29-12-14-32(15-13-29)47-28-48(39-11-9-8-10-38(39)47)33-22-31(44(5,6)7)23-35(25-33)50-34-16-17-36-37-19-20-45-27-41(37)49(40(36)26-34)42-24-30(18-21-46-42)43(2,3)4;/h8-24,27H,1-7H3;/q;+2/i1D3,8D,9D,10D,11D;. The number of rotatable bonds is 5. The van der Waals surface area contributed by atoms with E-state index < -0.39 is 18.9 Å². The minimum Gasteiger partial charge on any atom is -0.509 e. The summed E-state index contributed by atoms with van der Waals surface area (Å²) in [6.45, 7) is 10.4. The van der Waals surface area contributed by atoms with Gasteiger partial charge in [0.1, 0.15) is 11.5 Å². The van der Waals surface area contributed by atoms with E-state index in [1.807, 2.05) is 53.4 Å². The zero-order valence-electron chi connectivity index (χ0n) is 36.0. The molecule has 4 aromatic carbocycles. The zero-order chi connectivity index (χ0) is 40.8. The molecule has 6 nitrogen and oxygen atoms in total. The summed E-state index contributed by atoms with van der Waals surface area (Å²) in [5.41, 5.74) is 4.56. The molecule has 1 aliphatic heterocycles. The number of aryl methyl sites for hydroxylation is 1. The normalized spacial score (nSPS) is 15.0. The Hall–Kier alpha value is -5.15. The molecule has 0 amide bonds. The molecule has 0 aliphatic carbocycles. The molecule has 254 valence electrons. The molecule has 0 atom stereocenters. The van der Waals surface area contributed by atoms with Gasteiger partial charge in [-0.25, -0.2) is 4.98 Å². The van der Waals surface area contributed by atoms with Crippen LogP contribution in [0.25, 0.3) is 27.6 Å². The molecule has 1 aliphatic rings. The molecule has 0 saturated carbocycles. The summed E-state index contributed by atoms with van der Waals surface area (Å²) in [6.07, 6.45) is 5.41. The Kier molecular flexibility index (Phi) is 6.72. The molecule has 0 unspecified atom stereocenters. The van der Waals surface area contributed by atoms with E-state index in [2.05, 4.69) is 70.7 Å². The van der Waals surface area contributed by atoms with Gasteiger partial charge in [0.25, 0.3) is 11.4 Å². The van der Waals surface area contributed by atoms with Crippen molar-refractivity contribution >= 4 is 50.6 Å². The number of fused-ring (bicyclic) bond motifs is 4. The van der Waals surface area contributed by atoms with E-state index >= 15 is 0 Å². The maximum absolute atomic E-state index is 9.00. The largest absolute Gasteiger partial charge is 2.00 e. The Morgan fingerprint density at radius 3 is 2.25 bits per heavy atom. The minimum atomic E-state index is -2.31. The molecular weight excluding hydrogens is 810 g/mol. The van der Waals surface area contributed by atoms with Gasteiger partial charge in [-0.2, -0.15) is 6.07 Å². The van der Waals surface area contributed by atoms with Crippen LogP contribution < -0.4 is 13.9 Å². The Morgan fingerprint density at radius 2 is 1.53 bits per heavy atom. The van der Waals surface area contributed by atoms with E-state index in [0.29, 0.717) is 22.9 Å². The first kappa shape index (κ1) is 26.6. The Bertz CT molecular complexity index is 2870. The van der Waals surface area contributed by atoms with Crippen molar-refractivity contribution in [2.45, 2.75) is 59.2 Å². The van der Waals surface area contributed by atoms with Crippen molar-refractivity contribution in [1.82, 2.24) is 23.7 Å². The first-order chi connectivity index (χ1) is 26.8. The molecular formula is C44H39N5OPt+2. The summed E-state index contributed by atoms with van der Waals surface area (Å²) in [7, 11) is 0. The number of aromatic nitrogens is 3. The Balaban J connectivity index is 0.00000512. The first-order valence-electron chi connectivity index (χ1n) is 19.9. The maximum Gasteiger partial charge on any atom is 2.00 e. The van der Waals surface area contributed by atoms with E-state index in [9.17, 15) is 0 Å². The molecule has 51 heavy (non-hydrogen) atoms. The number of hydrogen-bond acceptors (Lipinski definition) is 3. The summed E-state index contributed by atoms with van der Waals surface area (Å²) >= 11 is 0. The molecule has 0 fully saturated rings. The third-order valence-corrected chi connectivity index (χ3v) is 8.87. The molecule has 7 aromatic rings. The quantitative estimate of drug-likeness (QED) is 0.128. The molecule has 0 spiro atoms. The summed E-state index contributed by atoms with van der Waals surface area (Å²) in [5, 5.41) is 1.95. The monoisotopic (exact) mass is 855 g/mol. The molecule has 3 aromatic heterocycles. The van der Waals surface area contributed by atoms with Crippen LogP contribution in [0.4, 0.5) is 22.7 Å².